The fraction of sp³-hybridized carbons (Fsp3) is 0.448. The number of piperidine rings is 1. The third-order valence-corrected chi connectivity index (χ3v) is 8.14. The van der Waals surface area contributed by atoms with E-state index < -0.39 is 11.4 Å². The Bertz CT molecular complexity index is 1420. The topological polar surface area (TPSA) is 89.1 Å². The highest BCUT2D eigenvalue weighted by Crippen LogP contribution is 2.44. The summed E-state index contributed by atoms with van der Waals surface area (Å²) >= 11 is 0. The van der Waals surface area contributed by atoms with Gasteiger partial charge in [-0.2, -0.15) is 5.10 Å². The Kier molecular flexibility index (Phi) is 6.62. The van der Waals surface area contributed by atoms with Crippen molar-refractivity contribution >= 4 is 17.0 Å². The first-order chi connectivity index (χ1) is 17.7. The first-order valence-corrected chi connectivity index (χ1v) is 13.0. The van der Waals surface area contributed by atoms with Crippen molar-refractivity contribution in [3.8, 4) is 0 Å². The monoisotopic (exact) mass is 500 g/mol. The van der Waals surface area contributed by atoms with E-state index in [4.69, 9.17) is 0 Å². The summed E-state index contributed by atoms with van der Waals surface area (Å²) in [6.07, 6.45) is 6.16. The lowest BCUT2D eigenvalue weighted by Crippen LogP contribution is -2.36. The van der Waals surface area contributed by atoms with Gasteiger partial charge < -0.3 is 5.11 Å². The molecule has 4 aromatic rings. The molecule has 1 saturated heterocycles. The van der Waals surface area contributed by atoms with Gasteiger partial charge in [-0.15, -0.1) is 5.10 Å². The zero-order valence-electron chi connectivity index (χ0n) is 22.3. The summed E-state index contributed by atoms with van der Waals surface area (Å²) in [4.78, 5) is 15.1. The summed E-state index contributed by atoms with van der Waals surface area (Å²) in [6, 6.07) is 12.9. The van der Waals surface area contributed by atoms with Crippen molar-refractivity contribution < 1.29 is 9.90 Å². The van der Waals surface area contributed by atoms with Crippen LogP contribution in [-0.4, -0.2) is 53.8 Å². The van der Waals surface area contributed by atoms with Gasteiger partial charge in [0.05, 0.1) is 17.0 Å². The Hall–Kier alpha value is -3.52. The molecule has 1 aliphatic heterocycles. The first-order valence-electron chi connectivity index (χ1n) is 13.0. The fourth-order valence-corrected chi connectivity index (χ4v) is 5.84. The second kappa shape index (κ2) is 9.74. The molecule has 2 aromatic heterocycles. The van der Waals surface area contributed by atoms with E-state index in [9.17, 15) is 9.90 Å². The van der Waals surface area contributed by atoms with Crippen LogP contribution in [0.5, 0.6) is 0 Å². The maximum absolute atomic E-state index is 12.6. The highest BCUT2D eigenvalue weighted by Gasteiger charge is 2.40. The summed E-state index contributed by atoms with van der Waals surface area (Å²) < 4.78 is 3.83. The van der Waals surface area contributed by atoms with Crippen LogP contribution in [0, 0.1) is 19.3 Å². The Labute approximate surface area is 217 Å². The standard InChI is InChI=1S/C29H36N6O2/c1-19-9-10-21(16-22(19)17-34-14-6-8-23(18-34)35-15-7-13-30-35)26(29(3,4)28(36)37)24-11-12-25-27(20(24)2)31-32-33(25)5/h7,9-13,15-16,23,26H,6,8,14,17-18H2,1-5H3,(H,36,37). The molecular weight excluding hydrogens is 464 g/mol. The number of likely N-dealkylation sites (tertiary alicyclic amines) is 1. The molecule has 0 amide bonds. The number of hydrogen-bond acceptors (Lipinski definition) is 5. The number of carbonyl (C=O) groups is 1. The molecule has 0 spiro atoms. The third kappa shape index (κ3) is 4.66. The fourth-order valence-electron chi connectivity index (χ4n) is 5.84. The average Bonchev–Trinajstić information content (AvgIpc) is 3.53. The van der Waals surface area contributed by atoms with Crippen LogP contribution in [0.15, 0.2) is 48.8 Å². The van der Waals surface area contributed by atoms with Crippen molar-refractivity contribution in [1.29, 1.82) is 0 Å². The van der Waals surface area contributed by atoms with E-state index in [1.54, 1.807) is 4.68 Å². The highest BCUT2D eigenvalue weighted by molar-refractivity contribution is 5.81. The summed E-state index contributed by atoms with van der Waals surface area (Å²) in [7, 11) is 1.87. The molecule has 3 heterocycles. The van der Waals surface area contributed by atoms with E-state index in [0.29, 0.717) is 6.04 Å². The minimum Gasteiger partial charge on any atom is -0.481 e. The van der Waals surface area contributed by atoms with Gasteiger partial charge in [0.2, 0.25) is 0 Å². The lowest BCUT2D eigenvalue weighted by Gasteiger charge is -2.35. The van der Waals surface area contributed by atoms with Crippen LogP contribution in [-0.2, 0) is 18.4 Å². The summed E-state index contributed by atoms with van der Waals surface area (Å²) in [5, 5.41) is 23.3. The molecule has 2 atom stereocenters. The van der Waals surface area contributed by atoms with Crippen molar-refractivity contribution in [1.82, 2.24) is 29.7 Å². The number of aliphatic carboxylic acids is 1. The van der Waals surface area contributed by atoms with Gasteiger partial charge in [-0.1, -0.05) is 29.5 Å². The highest BCUT2D eigenvalue weighted by atomic mass is 16.4. The van der Waals surface area contributed by atoms with Gasteiger partial charge in [0.15, 0.2) is 0 Å². The number of nitrogens with zero attached hydrogens (tertiary/aromatic N) is 6. The zero-order chi connectivity index (χ0) is 26.3. The van der Waals surface area contributed by atoms with Crippen LogP contribution in [0.4, 0.5) is 0 Å². The van der Waals surface area contributed by atoms with Crippen LogP contribution in [0.1, 0.15) is 66.5 Å². The molecule has 8 heteroatoms. The average molecular weight is 501 g/mol. The van der Waals surface area contributed by atoms with Crippen molar-refractivity contribution in [3.05, 3.63) is 76.6 Å². The maximum Gasteiger partial charge on any atom is 0.310 e. The van der Waals surface area contributed by atoms with Gasteiger partial charge >= 0.3 is 5.97 Å². The predicted octanol–water partition coefficient (Wildman–Crippen LogP) is 4.86. The minimum absolute atomic E-state index is 0.339. The lowest BCUT2D eigenvalue weighted by molar-refractivity contribution is -0.147. The molecular formula is C29H36N6O2. The Morgan fingerprint density at radius 3 is 2.76 bits per heavy atom. The van der Waals surface area contributed by atoms with Gasteiger partial charge in [0, 0.05) is 38.4 Å². The quantitative estimate of drug-likeness (QED) is 0.390. The second-order valence-electron chi connectivity index (χ2n) is 11.0. The van der Waals surface area contributed by atoms with E-state index in [1.807, 2.05) is 46.1 Å². The van der Waals surface area contributed by atoms with Gasteiger partial charge in [-0.25, -0.2) is 4.68 Å². The molecule has 1 N–H and O–H groups in total. The van der Waals surface area contributed by atoms with Crippen LogP contribution in [0.2, 0.25) is 0 Å². The number of carboxylic acids is 1. The predicted molar refractivity (Wildman–Crippen MR) is 143 cm³/mol. The Morgan fingerprint density at radius 2 is 2.03 bits per heavy atom. The lowest BCUT2D eigenvalue weighted by atomic mass is 9.69. The minimum atomic E-state index is -1.02. The largest absolute Gasteiger partial charge is 0.481 e. The van der Waals surface area contributed by atoms with E-state index >= 15 is 0 Å². The number of carboxylic acid groups (broad SMARTS) is 1. The van der Waals surface area contributed by atoms with Crippen molar-refractivity contribution in [2.45, 2.75) is 59.0 Å². The molecule has 0 bridgehead atoms. The summed E-state index contributed by atoms with van der Waals surface area (Å²) in [5.41, 5.74) is 6.16. The molecule has 1 aliphatic rings. The zero-order valence-corrected chi connectivity index (χ0v) is 22.3. The SMILES string of the molecule is Cc1ccc(C(c2ccc3c(nnn3C)c2C)C(C)(C)C(=O)O)cc1CN1CCCC(n2cccn2)C1. The van der Waals surface area contributed by atoms with Crippen LogP contribution in [0.25, 0.3) is 11.0 Å². The van der Waals surface area contributed by atoms with Crippen LogP contribution in [0.3, 0.4) is 0 Å². The molecule has 0 radical (unpaired) electrons. The molecule has 5 rings (SSSR count). The molecule has 37 heavy (non-hydrogen) atoms. The Balaban J connectivity index is 1.52. The van der Waals surface area contributed by atoms with Crippen molar-refractivity contribution in [2.24, 2.45) is 12.5 Å². The Morgan fingerprint density at radius 1 is 1.22 bits per heavy atom. The van der Waals surface area contributed by atoms with E-state index in [0.717, 1.165) is 60.2 Å². The summed E-state index contributed by atoms with van der Waals surface area (Å²) in [6.45, 7) is 10.6. The number of aryl methyl sites for hydroxylation is 3. The third-order valence-electron chi connectivity index (χ3n) is 8.14. The number of fused-ring (bicyclic) bond motifs is 1. The normalized spacial score (nSPS) is 17.8. The van der Waals surface area contributed by atoms with Gasteiger partial charge in [-0.05, 0) is 87.0 Å². The number of hydrogen-bond donors (Lipinski definition) is 1. The van der Waals surface area contributed by atoms with E-state index in [1.165, 1.54) is 11.1 Å². The molecule has 0 saturated carbocycles. The van der Waals surface area contributed by atoms with Crippen molar-refractivity contribution in [3.63, 3.8) is 0 Å². The van der Waals surface area contributed by atoms with Crippen LogP contribution < -0.4 is 0 Å². The van der Waals surface area contributed by atoms with Crippen LogP contribution >= 0.6 is 0 Å². The van der Waals surface area contributed by atoms with E-state index in [2.05, 4.69) is 62.4 Å². The molecule has 194 valence electrons. The van der Waals surface area contributed by atoms with Crippen molar-refractivity contribution in [2.75, 3.05) is 13.1 Å². The summed E-state index contributed by atoms with van der Waals surface area (Å²) in [5.74, 6) is -1.16. The van der Waals surface area contributed by atoms with Gasteiger partial charge in [-0.3, -0.25) is 14.4 Å². The smallest absolute Gasteiger partial charge is 0.310 e. The number of rotatable bonds is 7. The molecule has 1 fully saturated rings. The second-order valence-corrected chi connectivity index (χ2v) is 11.0. The molecule has 2 aromatic carbocycles. The maximum atomic E-state index is 12.6. The molecule has 8 nitrogen and oxygen atoms in total. The number of aromatic nitrogens is 5. The molecule has 0 aliphatic carbocycles. The first kappa shape index (κ1) is 25.1. The van der Waals surface area contributed by atoms with Gasteiger partial charge in [0.25, 0.3) is 0 Å². The number of benzene rings is 2. The van der Waals surface area contributed by atoms with E-state index in [-0.39, 0.29) is 5.92 Å². The van der Waals surface area contributed by atoms with Gasteiger partial charge in [0.1, 0.15) is 5.52 Å². The molecule has 2 unspecified atom stereocenters.